The van der Waals surface area contributed by atoms with Crippen LogP contribution < -0.4 is 4.74 Å². The molecule has 0 aliphatic rings. The quantitative estimate of drug-likeness (QED) is 0.876. The lowest BCUT2D eigenvalue weighted by Gasteiger charge is -2.12. The first-order valence-corrected chi connectivity index (χ1v) is 5.51. The molecule has 17 heavy (non-hydrogen) atoms. The highest BCUT2D eigenvalue weighted by atomic mass is 16.5. The topological polar surface area (TPSA) is 47.3 Å². The number of hydrogen-bond acceptors (Lipinski definition) is 3. The van der Waals surface area contributed by atoms with Crippen LogP contribution >= 0.6 is 0 Å². The van der Waals surface area contributed by atoms with E-state index in [0.717, 1.165) is 17.0 Å². The van der Waals surface area contributed by atoms with E-state index in [1.165, 1.54) is 0 Å². The van der Waals surface area contributed by atoms with Gasteiger partial charge in [0.05, 0.1) is 25.5 Å². The van der Waals surface area contributed by atoms with Crippen LogP contribution in [0, 0.1) is 6.92 Å². The number of hydrogen-bond donors (Lipinski definition) is 1. The van der Waals surface area contributed by atoms with E-state index in [9.17, 15) is 5.11 Å². The normalized spacial score (nSPS) is 12.4. The Kier molecular flexibility index (Phi) is 3.44. The number of aliphatic hydroxyl groups excluding tert-OH is 1. The van der Waals surface area contributed by atoms with Gasteiger partial charge in [0.25, 0.3) is 0 Å². The number of ether oxygens (including phenoxy) is 1. The third-order valence-corrected chi connectivity index (χ3v) is 2.61. The van der Waals surface area contributed by atoms with Gasteiger partial charge in [-0.15, -0.1) is 0 Å². The molecule has 0 bridgehead atoms. The highest BCUT2D eigenvalue weighted by molar-refractivity contribution is 5.29. The Bertz CT molecular complexity index is 494. The molecule has 1 unspecified atom stereocenters. The molecule has 0 amide bonds. The molecule has 4 heteroatoms. The van der Waals surface area contributed by atoms with Crippen molar-refractivity contribution >= 4 is 0 Å². The molecule has 0 saturated heterocycles. The third-order valence-electron chi connectivity index (χ3n) is 2.61. The van der Waals surface area contributed by atoms with Gasteiger partial charge in [0, 0.05) is 6.20 Å². The number of rotatable bonds is 4. The van der Waals surface area contributed by atoms with Crippen LogP contribution in [0.15, 0.2) is 36.5 Å². The van der Waals surface area contributed by atoms with Gasteiger partial charge in [0.15, 0.2) is 0 Å². The second kappa shape index (κ2) is 5.01. The van der Waals surface area contributed by atoms with Crippen molar-refractivity contribution in [2.24, 2.45) is 0 Å². The molecule has 0 radical (unpaired) electrons. The highest BCUT2D eigenvalue weighted by Gasteiger charge is 2.09. The number of aryl methyl sites for hydroxylation is 1. The van der Waals surface area contributed by atoms with E-state index in [4.69, 9.17) is 4.74 Å². The van der Waals surface area contributed by atoms with Crippen LogP contribution in [0.5, 0.6) is 5.75 Å². The van der Waals surface area contributed by atoms with Gasteiger partial charge in [0.2, 0.25) is 0 Å². The molecule has 2 aromatic rings. The summed E-state index contributed by atoms with van der Waals surface area (Å²) >= 11 is 0. The summed E-state index contributed by atoms with van der Waals surface area (Å²) in [6.07, 6.45) is 1.28. The smallest absolute Gasteiger partial charge is 0.119 e. The zero-order valence-electron chi connectivity index (χ0n) is 10.00. The molecule has 2 rings (SSSR count). The summed E-state index contributed by atoms with van der Waals surface area (Å²) in [7, 11) is 1.61. The molecular weight excluding hydrogens is 216 g/mol. The van der Waals surface area contributed by atoms with Crippen molar-refractivity contribution in [2.45, 2.75) is 19.6 Å². The van der Waals surface area contributed by atoms with Crippen LogP contribution in [0.25, 0.3) is 0 Å². The van der Waals surface area contributed by atoms with E-state index in [1.807, 2.05) is 43.5 Å². The van der Waals surface area contributed by atoms with E-state index < -0.39 is 6.10 Å². The molecule has 4 nitrogen and oxygen atoms in total. The molecule has 1 aromatic heterocycles. The van der Waals surface area contributed by atoms with Crippen molar-refractivity contribution in [3.63, 3.8) is 0 Å². The summed E-state index contributed by atoms with van der Waals surface area (Å²) in [6, 6.07) is 9.35. The Hall–Kier alpha value is -1.81. The van der Waals surface area contributed by atoms with Gasteiger partial charge >= 0.3 is 0 Å². The van der Waals surface area contributed by atoms with E-state index in [0.29, 0.717) is 6.54 Å². The Morgan fingerprint density at radius 1 is 1.41 bits per heavy atom. The zero-order chi connectivity index (χ0) is 12.3. The molecule has 1 aromatic carbocycles. The third kappa shape index (κ3) is 2.85. The van der Waals surface area contributed by atoms with Gasteiger partial charge in [0.1, 0.15) is 5.75 Å². The summed E-state index contributed by atoms with van der Waals surface area (Å²) in [6.45, 7) is 2.37. The summed E-state index contributed by atoms with van der Waals surface area (Å²) in [4.78, 5) is 0. The van der Waals surface area contributed by atoms with Gasteiger partial charge < -0.3 is 9.84 Å². The Morgan fingerprint density at radius 2 is 2.24 bits per heavy atom. The minimum Gasteiger partial charge on any atom is -0.497 e. The van der Waals surface area contributed by atoms with Gasteiger partial charge in [-0.25, -0.2) is 0 Å². The first-order valence-electron chi connectivity index (χ1n) is 5.51. The zero-order valence-corrected chi connectivity index (χ0v) is 10.00. The number of aliphatic hydroxyl groups is 1. The van der Waals surface area contributed by atoms with Crippen molar-refractivity contribution in [3.05, 3.63) is 47.8 Å². The molecule has 1 heterocycles. The summed E-state index contributed by atoms with van der Waals surface area (Å²) < 4.78 is 6.86. The maximum atomic E-state index is 10.1. The van der Waals surface area contributed by atoms with Gasteiger partial charge in [-0.1, -0.05) is 12.1 Å². The number of benzene rings is 1. The predicted molar refractivity (Wildman–Crippen MR) is 64.9 cm³/mol. The van der Waals surface area contributed by atoms with Crippen LogP contribution in [0.1, 0.15) is 17.4 Å². The molecular formula is C13H16N2O2. The van der Waals surface area contributed by atoms with Crippen LogP contribution in [-0.4, -0.2) is 22.0 Å². The number of nitrogens with zero attached hydrogens (tertiary/aromatic N) is 2. The van der Waals surface area contributed by atoms with Gasteiger partial charge in [-0.2, -0.15) is 5.10 Å². The van der Waals surface area contributed by atoms with E-state index >= 15 is 0 Å². The molecule has 90 valence electrons. The maximum Gasteiger partial charge on any atom is 0.119 e. The van der Waals surface area contributed by atoms with Crippen LogP contribution in [-0.2, 0) is 6.54 Å². The van der Waals surface area contributed by atoms with E-state index in [1.54, 1.807) is 11.8 Å². The van der Waals surface area contributed by atoms with Crippen molar-refractivity contribution in [3.8, 4) is 5.75 Å². The molecule has 0 spiro atoms. The Morgan fingerprint density at radius 3 is 2.88 bits per heavy atom. The minimum absolute atomic E-state index is 0.445. The van der Waals surface area contributed by atoms with Crippen LogP contribution in [0.4, 0.5) is 0 Å². The SMILES string of the molecule is COc1cccc(C(O)Cn2ccc(C)n2)c1. The maximum absolute atomic E-state index is 10.1. The second-order valence-electron chi connectivity index (χ2n) is 3.97. The molecule has 0 fully saturated rings. The molecule has 0 aliphatic carbocycles. The monoisotopic (exact) mass is 232 g/mol. The van der Waals surface area contributed by atoms with Gasteiger partial charge in [-0.05, 0) is 30.7 Å². The fourth-order valence-corrected chi connectivity index (χ4v) is 1.70. The minimum atomic E-state index is -0.579. The average Bonchev–Trinajstić information content (AvgIpc) is 2.75. The fraction of sp³-hybridized carbons (Fsp3) is 0.308. The van der Waals surface area contributed by atoms with Crippen molar-refractivity contribution in [2.75, 3.05) is 7.11 Å². The van der Waals surface area contributed by atoms with Crippen molar-refractivity contribution < 1.29 is 9.84 Å². The Labute approximate surface area is 100 Å². The highest BCUT2D eigenvalue weighted by Crippen LogP contribution is 2.20. The summed E-state index contributed by atoms with van der Waals surface area (Å²) in [5.74, 6) is 0.748. The number of methoxy groups -OCH3 is 1. The first-order chi connectivity index (χ1) is 8.19. The fourth-order valence-electron chi connectivity index (χ4n) is 1.70. The van der Waals surface area contributed by atoms with E-state index in [2.05, 4.69) is 5.10 Å². The summed E-state index contributed by atoms with van der Waals surface area (Å²) in [5, 5.41) is 14.3. The molecule has 0 saturated carbocycles. The largest absolute Gasteiger partial charge is 0.497 e. The van der Waals surface area contributed by atoms with Crippen LogP contribution in [0.2, 0.25) is 0 Å². The van der Waals surface area contributed by atoms with E-state index in [-0.39, 0.29) is 0 Å². The lowest BCUT2D eigenvalue weighted by molar-refractivity contribution is 0.151. The van der Waals surface area contributed by atoms with Crippen LogP contribution in [0.3, 0.4) is 0 Å². The Balaban J connectivity index is 2.11. The average molecular weight is 232 g/mol. The lowest BCUT2D eigenvalue weighted by Crippen LogP contribution is -2.09. The molecule has 1 N–H and O–H groups in total. The standard InChI is InChI=1S/C13H16N2O2/c1-10-6-7-15(14-10)9-13(16)11-4-3-5-12(8-11)17-2/h3-8,13,16H,9H2,1-2H3. The number of aromatic nitrogens is 2. The van der Waals surface area contributed by atoms with Crippen molar-refractivity contribution in [1.29, 1.82) is 0 Å². The lowest BCUT2D eigenvalue weighted by atomic mass is 10.1. The summed E-state index contributed by atoms with van der Waals surface area (Å²) in [5.41, 5.74) is 1.78. The second-order valence-corrected chi connectivity index (χ2v) is 3.97. The predicted octanol–water partition coefficient (Wildman–Crippen LogP) is 1.93. The molecule has 0 aliphatic heterocycles. The molecule has 1 atom stereocenters. The van der Waals surface area contributed by atoms with Crippen molar-refractivity contribution in [1.82, 2.24) is 9.78 Å². The first kappa shape index (κ1) is 11.7. The van der Waals surface area contributed by atoms with Gasteiger partial charge in [-0.3, -0.25) is 4.68 Å².